The Labute approximate surface area is 251 Å². The first kappa shape index (κ1) is 30.9. The average molecular weight is 591 g/mol. The van der Waals surface area contributed by atoms with Crippen molar-refractivity contribution in [3.63, 3.8) is 0 Å². The number of carbonyl (C=O) groups excluding carboxylic acids is 3. The molecule has 4 rings (SSSR count). The third-order valence-corrected chi connectivity index (χ3v) is 8.74. The van der Waals surface area contributed by atoms with Crippen LogP contribution < -0.4 is 20.7 Å². The zero-order chi connectivity index (χ0) is 30.3. The minimum Gasteiger partial charge on any atom is -0.497 e. The molecule has 0 aromatic heterocycles. The maximum Gasteiger partial charge on any atom is 0.319 e. The van der Waals surface area contributed by atoms with Gasteiger partial charge in [0.25, 0.3) is 5.91 Å². The molecule has 0 saturated carbocycles. The lowest BCUT2D eigenvalue weighted by Crippen LogP contribution is -2.59. The molecule has 42 heavy (non-hydrogen) atoms. The summed E-state index contributed by atoms with van der Waals surface area (Å²) in [5.41, 5.74) is 3.37. The van der Waals surface area contributed by atoms with Gasteiger partial charge in [-0.1, -0.05) is 60.7 Å². The van der Waals surface area contributed by atoms with Crippen molar-refractivity contribution in [3.05, 3.63) is 95.6 Å². The largest absolute Gasteiger partial charge is 0.497 e. The number of urea groups is 1. The normalized spacial score (nSPS) is 17.2. The highest BCUT2D eigenvalue weighted by Gasteiger charge is 2.49. The quantitative estimate of drug-likeness (QED) is 0.282. The Morgan fingerprint density at radius 1 is 1.05 bits per heavy atom. The number of methoxy groups -OCH3 is 1. The number of hydrogen-bond acceptors (Lipinski definition) is 6. The van der Waals surface area contributed by atoms with Crippen LogP contribution in [-0.4, -0.2) is 63.8 Å². The fourth-order valence-corrected chi connectivity index (χ4v) is 6.13. The van der Waals surface area contributed by atoms with Gasteiger partial charge in [-0.05, 0) is 56.0 Å². The summed E-state index contributed by atoms with van der Waals surface area (Å²) in [7, 11) is 1.53. The van der Waals surface area contributed by atoms with Crippen LogP contribution in [0.2, 0.25) is 0 Å². The number of anilines is 1. The molecule has 0 radical (unpaired) electrons. The number of nitrogens with zero attached hydrogens (tertiary/aromatic N) is 1. The van der Waals surface area contributed by atoms with E-state index < -0.39 is 34.9 Å². The van der Waals surface area contributed by atoms with Crippen molar-refractivity contribution in [2.24, 2.45) is 0 Å². The minimum absolute atomic E-state index is 0.202. The fraction of sp³-hybridized carbons (Fsp3) is 0.344. The van der Waals surface area contributed by atoms with Crippen LogP contribution in [-0.2, 0) is 22.6 Å². The number of hydrogen-bond donors (Lipinski definition) is 4. The second kappa shape index (κ2) is 13.8. The van der Waals surface area contributed by atoms with Gasteiger partial charge in [0.2, 0.25) is 5.91 Å². The molecule has 0 aliphatic carbocycles. The Bertz CT molecular complexity index is 1400. The molecule has 1 aliphatic heterocycles. The first-order chi connectivity index (χ1) is 20.1. The number of ether oxygens (including phenoxy) is 1. The van der Waals surface area contributed by atoms with Gasteiger partial charge in [-0.2, -0.15) is 0 Å². The molecule has 1 fully saturated rings. The molecule has 1 heterocycles. The first-order valence-corrected chi connectivity index (χ1v) is 14.8. The summed E-state index contributed by atoms with van der Waals surface area (Å²) in [5.74, 6) is -0.104. The second-order valence-corrected chi connectivity index (χ2v) is 12.4. The zero-order valence-electron chi connectivity index (χ0n) is 24.3. The number of amides is 4. The number of aryl methyl sites for hydroxylation is 1. The van der Waals surface area contributed by atoms with E-state index in [-0.39, 0.29) is 18.2 Å². The lowest BCUT2D eigenvalue weighted by Gasteiger charge is -2.33. The van der Waals surface area contributed by atoms with Crippen molar-refractivity contribution in [3.8, 4) is 5.75 Å². The predicted octanol–water partition coefficient (Wildman–Crippen LogP) is 4.09. The van der Waals surface area contributed by atoms with Gasteiger partial charge in [-0.15, -0.1) is 11.8 Å². The summed E-state index contributed by atoms with van der Waals surface area (Å²) < 4.78 is 4.63. The summed E-state index contributed by atoms with van der Waals surface area (Å²) in [6.07, 6.45) is -1.39. The molecule has 0 bridgehead atoms. The lowest BCUT2D eigenvalue weighted by molar-refractivity contribution is -0.147. The highest BCUT2D eigenvalue weighted by Crippen LogP contribution is 2.40. The molecule has 4 amide bonds. The Balaban J connectivity index is 1.51. The molecule has 0 spiro atoms. The van der Waals surface area contributed by atoms with E-state index in [2.05, 4.69) is 16.0 Å². The SMILES string of the molecule is COc1cccc(NC(=O)N[C@@H](Cc2ccccc2)[C@H](O)C(=O)N2CSC(C)(C)[C@H]2C(=O)NCc2ccccc2C)c1. The molecular weight excluding hydrogens is 552 g/mol. The molecule has 3 aromatic carbocycles. The van der Waals surface area contributed by atoms with E-state index in [0.29, 0.717) is 18.0 Å². The number of nitrogens with one attached hydrogen (secondary N) is 3. The molecule has 3 aromatic rings. The third kappa shape index (κ3) is 7.63. The average Bonchev–Trinajstić information content (AvgIpc) is 3.30. The zero-order valence-corrected chi connectivity index (χ0v) is 25.1. The third-order valence-electron chi connectivity index (χ3n) is 7.37. The van der Waals surface area contributed by atoms with Crippen molar-refractivity contribution >= 4 is 35.3 Å². The van der Waals surface area contributed by atoms with Crippen molar-refractivity contribution in [1.29, 1.82) is 0 Å². The van der Waals surface area contributed by atoms with E-state index in [1.54, 1.807) is 24.3 Å². The van der Waals surface area contributed by atoms with Crippen LogP contribution in [0.25, 0.3) is 0 Å². The molecule has 9 nitrogen and oxygen atoms in total. The number of rotatable bonds is 10. The van der Waals surface area contributed by atoms with E-state index in [0.717, 1.165) is 16.7 Å². The monoisotopic (exact) mass is 590 g/mol. The van der Waals surface area contributed by atoms with Gasteiger partial charge in [-0.25, -0.2) is 4.79 Å². The van der Waals surface area contributed by atoms with Crippen molar-refractivity contribution in [2.75, 3.05) is 18.3 Å². The summed E-state index contributed by atoms with van der Waals surface area (Å²) in [6.45, 7) is 6.14. The van der Waals surface area contributed by atoms with Crippen molar-refractivity contribution < 1.29 is 24.2 Å². The molecule has 1 saturated heterocycles. The van der Waals surface area contributed by atoms with Crippen LogP contribution in [0.15, 0.2) is 78.9 Å². The van der Waals surface area contributed by atoms with Crippen LogP contribution in [0.5, 0.6) is 5.75 Å². The van der Waals surface area contributed by atoms with Gasteiger partial charge in [-0.3, -0.25) is 9.59 Å². The molecule has 0 unspecified atom stereocenters. The van der Waals surface area contributed by atoms with Crippen LogP contribution in [0, 0.1) is 6.92 Å². The van der Waals surface area contributed by atoms with E-state index in [4.69, 9.17) is 4.74 Å². The summed E-state index contributed by atoms with van der Waals surface area (Å²) in [6, 6.07) is 21.6. The molecule has 3 atom stereocenters. The van der Waals surface area contributed by atoms with Gasteiger partial charge in [0.15, 0.2) is 6.10 Å². The Hall–Kier alpha value is -4.02. The topological polar surface area (TPSA) is 120 Å². The Morgan fingerprint density at radius 2 is 1.76 bits per heavy atom. The lowest BCUT2D eigenvalue weighted by atomic mass is 9.97. The molecule has 222 valence electrons. The predicted molar refractivity (Wildman–Crippen MR) is 165 cm³/mol. The van der Waals surface area contributed by atoms with Gasteiger partial charge in [0.05, 0.1) is 19.0 Å². The van der Waals surface area contributed by atoms with E-state index in [1.165, 1.54) is 23.8 Å². The molecule has 10 heteroatoms. The summed E-state index contributed by atoms with van der Waals surface area (Å²) in [4.78, 5) is 41.7. The highest BCUT2D eigenvalue weighted by atomic mass is 32.2. The second-order valence-electron chi connectivity index (χ2n) is 10.8. The van der Waals surface area contributed by atoms with Gasteiger partial charge in [0.1, 0.15) is 11.8 Å². The van der Waals surface area contributed by atoms with Gasteiger partial charge >= 0.3 is 6.03 Å². The van der Waals surface area contributed by atoms with Crippen molar-refractivity contribution in [1.82, 2.24) is 15.5 Å². The number of thioether (sulfide) groups is 1. The number of benzene rings is 3. The maximum atomic E-state index is 13.8. The van der Waals surface area contributed by atoms with Crippen LogP contribution in [0.4, 0.5) is 10.5 Å². The molecule has 4 N–H and O–H groups in total. The van der Waals surface area contributed by atoms with Crippen LogP contribution >= 0.6 is 11.8 Å². The summed E-state index contributed by atoms with van der Waals surface area (Å²) >= 11 is 1.47. The Kier molecular flexibility index (Phi) is 10.1. The van der Waals surface area contributed by atoms with Crippen molar-refractivity contribution in [2.45, 2.75) is 56.7 Å². The van der Waals surface area contributed by atoms with Gasteiger partial charge in [0, 0.05) is 23.0 Å². The Morgan fingerprint density at radius 3 is 2.48 bits per heavy atom. The molecule has 1 aliphatic rings. The minimum atomic E-state index is -1.59. The van der Waals surface area contributed by atoms with E-state index >= 15 is 0 Å². The standard InChI is InChI=1S/C32H38N4O5S/c1-21-11-8-9-14-23(21)19-33-29(38)28-32(2,3)42-20-36(28)30(39)27(37)26(17-22-12-6-5-7-13-22)35-31(40)34-24-15-10-16-25(18-24)41-4/h5-16,18,26-28,37H,17,19-20H2,1-4H3,(H,33,38)(H2,34,35,40)/t26-,27-,28+/m0/s1. The fourth-order valence-electron chi connectivity index (χ4n) is 4.99. The summed E-state index contributed by atoms with van der Waals surface area (Å²) in [5, 5.41) is 19.9. The van der Waals surface area contributed by atoms with Crippen LogP contribution in [0.3, 0.4) is 0 Å². The van der Waals surface area contributed by atoms with Gasteiger partial charge < -0.3 is 30.7 Å². The number of aliphatic hydroxyl groups excluding tert-OH is 1. The smallest absolute Gasteiger partial charge is 0.319 e. The first-order valence-electron chi connectivity index (χ1n) is 13.8. The highest BCUT2D eigenvalue weighted by molar-refractivity contribution is 8.00. The number of aliphatic hydroxyl groups is 1. The number of carbonyl (C=O) groups is 3. The van der Waals surface area contributed by atoms with E-state index in [9.17, 15) is 19.5 Å². The van der Waals surface area contributed by atoms with Crippen LogP contribution in [0.1, 0.15) is 30.5 Å². The van der Waals surface area contributed by atoms with E-state index in [1.807, 2.05) is 75.4 Å². The maximum absolute atomic E-state index is 13.8. The molecular formula is C32H38N4O5S.